The van der Waals surface area contributed by atoms with Crippen molar-refractivity contribution in [1.29, 1.82) is 0 Å². The number of ether oxygens (including phenoxy) is 2. The summed E-state index contributed by atoms with van der Waals surface area (Å²) in [7, 11) is 0. The van der Waals surface area contributed by atoms with Crippen molar-refractivity contribution in [2.75, 3.05) is 6.61 Å². The van der Waals surface area contributed by atoms with Crippen LogP contribution < -0.4 is 4.74 Å². The van der Waals surface area contributed by atoms with Crippen LogP contribution in [-0.4, -0.2) is 18.8 Å². The van der Waals surface area contributed by atoms with Gasteiger partial charge in [0.15, 0.2) is 0 Å². The molecular formula is C10H11ClO2. The fourth-order valence-corrected chi connectivity index (χ4v) is 1.34. The molecule has 2 atom stereocenters. The summed E-state index contributed by atoms with van der Waals surface area (Å²) in [5.41, 5.74) is 0. The van der Waals surface area contributed by atoms with Crippen molar-refractivity contribution in [1.82, 2.24) is 0 Å². The van der Waals surface area contributed by atoms with Crippen molar-refractivity contribution in [3.63, 3.8) is 0 Å². The molecule has 2 nitrogen and oxygen atoms in total. The summed E-state index contributed by atoms with van der Waals surface area (Å²) in [4.78, 5) is 0. The highest BCUT2D eigenvalue weighted by atomic mass is 35.5. The average molecular weight is 199 g/mol. The summed E-state index contributed by atoms with van der Waals surface area (Å²) in [5, 5.41) is 0.696. The van der Waals surface area contributed by atoms with E-state index < -0.39 is 0 Å². The third-order valence-corrected chi connectivity index (χ3v) is 2.24. The molecule has 1 aliphatic rings. The van der Waals surface area contributed by atoms with Gasteiger partial charge < -0.3 is 9.47 Å². The van der Waals surface area contributed by atoms with Gasteiger partial charge in [-0.2, -0.15) is 0 Å². The first-order valence-electron chi connectivity index (χ1n) is 4.29. The number of hydrogen-bond acceptors (Lipinski definition) is 2. The minimum Gasteiger partial charge on any atom is -0.488 e. The van der Waals surface area contributed by atoms with E-state index >= 15 is 0 Å². The first-order chi connectivity index (χ1) is 6.25. The van der Waals surface area contributed by atoms with E-state index in [4.69, 9.17) is 21.1 Å². The van der Waals surface area contributed by atoms with Gasteiger partial charge in [-0.25, -0.2) is 0 Å². The van der Waals surface area contributed by atoms with E-state index in [0.717, 1.165) is 12.4 Å². The number of rotatable bonds is 3. The van der Waals surface area contributed by atoms with E-state index in [-0.39, 0.29) is 12.2 Å². The molecule has 0 saturated carbocycles. The number of halogens is 1. The Hall–Kier alpha value is -0.730. The smallest absolute Gasteiger partial charge is 0.124 e. The van der Waals surface area contributed by atoms with Crippen molar-refractivity contribution in [2.45, 2.75) is 19.1 Å². The molecule has 1 aromatic carbocycles. The second-order valence-corrected chi connectivity index (χ2v) is 3.59. The monoisotopic (exact) mass is 198 g/mol. The molecule has 0 aromatic heterocycles. The summed E-state index contributed by atoms with van der Waals surface area (Å²) in [6.45, 7) is 2.81. The Morgan fingerprint density at radius 1 is 1.62 bits per heavy atom. The van der Waals surface area contributed by atoms with Gasteiger partial charge in [0.05, 0.1) is 6.61 Å². The fraction of sp³-hybridized carbons (Fsp3) is 0.400. The fourth-order valence-electron chi connectivity index (χ4n) is 1.16. The van der Waals surface area contributed by atoms with E-state index in [1.165, 1.54) is 0 Å². The standard InChI is InChI=1S/C10H11ClO2/c1-7(10-6-12-10)13-9-4-2-3-8(11)5-9/h2-5,7,10H,6H2,1H3/t7-,10-/m1/s1. The quantitative estimate of drug-likeness (QED) is 0.697. The molecule has 1 fully saturated rings. The zero-order valence-corrected chi connectivity index (χ0v) is 8.12. The number of benzene rings is 1. The maximum absolute atomic E-state index is 5.81. The summed E-state index contributed by atoms with van der Waals surface area (Å²) < 4.78 is 10.7. The van der Waals surface area contributed by atoms with E-state index in [1.54, 1.807) is 6.07 Å². The van der Waals surface area contributed by atoms with Gasteiger partial charge in [-0.05, 0) is 25.1 Å². The second-order valence-electron chi connectivity index (χ2n) is 3.15. The molecular weight excluding hydrogens is 188 g/mol. The lowest BCUT2D eigenvalue weighted by atomic mass is 10.3. The normalized spacial score (nSPS) is 22.5. The van der Waals surface area contributed by atoms with Crippen LogP contribution >= 0.6 is 11.6 Å². The van der Waals surface area contributed by atoms with Gasteiger partial charge in [0.1, 0.15) is 18.0 Å². The predicted octanol–water partition coefficient (Wildman–Crippen LogP) is 2.51. The van der Waals surface area contributed by atoms with Crippen LogP contribution in [-0.2, 0) is 4.74 Å². The molecule has 0 radical (unpaired) electrons. The highest BCUT2D eigenvalue weighted by molar-refractivity contribution is 6.30. The minimum atomic E-state index is 0.110. The molecule has 13 heavy (non-hydrogen) atoms. The summed E-state index contributed by atoms with van der Waals surface area (Å²) in [5.74, 6) is 0.801. The van der Waals surface area contributed by atoms with Crippen molar-refractivity contribution in [3.05, 3.63) is 29.3 Å². The molecule has 3 heteroatoms. The van der Waals surface area contributed by atoms with Crippen LogP contribution in [0, 0.1) is 0 Å². The van der Waals surface area contributed by atoms with Crippen molar-refractivity contribution >= 4 is 11.6 Å². The Morgan fingerprint density at radius 3 is 3.00 bits per heavy atom. The second kappa shape index (κ2) is 3.56. The largest absolute Gasteiger partial charge is 0.488 e. The lowest BCUT2D eigenvalue weighted by Crippen LogP contribution is -2.18. The van der Waals surface area contributed by atoms with Crippen LogP contribution in [0.25, 0.3) is 0 Å². The van der Waals surface area contributed by atoms with Crippen LogP contribution in [0.1, 0.15) is 6.92 Å². The first-order valence-corrected chi connectivity index (χ1v) is 4.67. The maximum Gasteiger partial charge on any atom is 0.124 e. The van der Waals surface area contributed by atoms with E-state index in [2.05, 4.69) is 0 Å². The van der Waals surface area contributed by atoms with Crippen LogP contribution in [0.4, 0.5) is 0 Å². The van der Waals surface area contributed by atoms with Crippen LogP contribution in [0.2, 0.25) is 5.02 Å². The molecule has 0 aliphatic carbocycles. The summed E-state index contributed by atoms with van der Waals surface area (Å²) in [6.07, 6.45) is 0.373. The molecule has 0 amide bonds. The highest BCUT2D eigenvalue weighted by Gasteiger charge is 2.30. The van der Waals surface area contributed by atoms with Crippen LogP contribution in [0.3, 0.4) is 0 Å². The third kappa shape index (κ3) is 2.36. The zero-order valence-electron chi connectivity index (χ0n) is 7.37. The molecule has 0 N–H and O–H groups in total. The Bertz CT molecular complexity index is 297. The van der Waals surface area contributed by atoms with Gasteiger partial charge in [-0.15, -0.1) is 0 Å². The summed E-state index contributed by atoms with van der Waals surface area (Å²) in [6, 6.07) is 7.40. The third-order valence-electron chi connectivity index (χ3n) is 2.00. The molecule has 0 unspecified atom stereocenters. The maximum atomic E-state index is 5.81. The predicted molar refractivity (Wildman–Crippen MR) is 51.3 cm³/mol. The average Bonchev–Trinajstić information content (AvgIpc) is 2.85. The molecule has 0 spiro atoms. The molecule has 0 bridgehead atoms. The number of epoxide rings is 1. The molecule has 1 saturated heterocycles. The van der Waals surface area contributed by atoms with Gasteiger partial charge >= 0.3 is 0 Å². The number of hydrogen-bond donors (Lipinski definition) is 0. The first kappa shape index (κ1) is 8.85. The topological polar surface area (TPSA) is 21.8 Å². The van der Waals surface area contributed by atoms with Gasteiger partial charge in [0, 0.05) is 5.02 Å². The Balaban J connectivity index is 2.00. The Labute approximate surface area is 82.4 Å². The van der Waals surface area contributed by atoms with Gasteiger partial charge in [0.25, 0.3) is 0 Å². The Kier molecular flexibility index (Phi) is 2.42. The van der Waals surface area contributed by atoms with E-state index in [9.17, 15) is 0 Å². The highest BCUT2D eigenvalue weighted by Crippen LogP contribution is 2.22. The van der Waals surface area contributed by atoms with E-state index in [0.29, 0.717) is 5.02 Å². The molecule has 70 valence electrons. The molecule has 1 aliphatic heterocycles. The van der Waals surface area contributed by atoms with Gasteiger partial charge in [0.2, 0.25) is 0 Å². The van der Waals surface area contributed by atoms with Crippen LogP contribution in [0.5, 0.6) is 5.75 Å². The molecule has 1 aromatic rings. The Morgan fingerprint density at radius 2 is 2.38 bits per heavy atom. The van der Waals surface area contributed by atoms with Crippen LogP contribution in [0.15, 0.2) is 24.3 Å². The molecule has 2 rings (SSSR count). The van der Waals surface area contributed by atoms with E-state index in [1.807, 2.05) is 25.1 Å². The zero-order chi connectivity index (χ0) is 9.26. The lowest BCUT2D eigenvalue weighted by Gasteiger charge is -2.11. The minimum absolute atomic E-state index is 0.110. The van der Waals surface area contributed by atoms with Gasteiger partial charge in [-0.3, -0.25) is 0 Å². The van der Waals surface area contributed by atoms with Crippen molar-refractivity contribution in [2.24, 2.45) is 0 Å². The van der Waals surface area contributed by atoms with Crippen molar-refractivity contribution < 1.29 is 9.47 Å². The lowest BCUT2D eigenvalue weighted by molar-refractivity contribution is 0.176. The summed E-state index contributed by atoms with van der Waals surface area (Å²) >= 11 is 5.81. The molecule has 1 heterocycles. The van der Waals surface area contributed by atoms with Gasteiger partial charge in [-0.1, -0.05) is 17.7 Å². The van der Waals surface area contributed by atoms with Crippen molar-refractivity contribution in [3.8, 4) is 5.75 Å². The SMILES string of the molecule is C[C@@H](Oc1cccc(Cl)c1)[C@H]1CO1.